The molecular formula is C57H34N4O. The van der Waals surface area contributed by atoms with E-state index >= 15 is 0 Å². The summed E-state index contributed by atoms with van der Waals surface area (Å²) in [5, 5.41) is 11.5. The third-order valence-electron chi connectivity index (χ3n) is 12.4. The Morgan fingerprint density at radius 2 is 0.968 bits per heavy atom. The molecule has 288 valence electrons. The van der Waals surface area contributed by atoms with Crippen molar-refractivity contribution in [3.63, 3.8) is 0 Å². The van der Waals surface area contributed by atoms with Crippen molar-refractivity contribution in [3.05, 3.63) is 206 Å². The van der Waals surface area contributed by atoms with Crippen LogP contribution in [0.5, 0.6) is 0 Å². The van der Waals surface area contributed by atoms with Crippen molar-refractivity contribution < 1.29 is 4.42 Å². The summed E-state index contributed by atoms with van der Waals surface area (Å²) in [5.74, 6) is 1.73. The molecule has 0 aliphatic rings. The Hall–Kier alpha value is -8.41. The fraction of sp³-hybridized carbons (Fsp3) is 0. The lowest BCUT2D eigenvalue weighted by atomic mass is 9.98. The van der Waals surface area contributed by atoms with Gasteiger partial charge in [0.05, 0.1) is 16.6 Å². The molecule has 0 fully saturated rings. The number of furan rings is 1. The zero-order chi connectivity index (χ0) is 40.7. The second-order valence-electron chi connectivity index (χ2n) is 16.0. The lowest BCUT2D eigenvalue weighted by Crippen LogP contribution is -2.01. The quantitative estimate of drug-likeness (QED) is 0.174. The number of hydrogen-bond donors (Lipinski definition) is 0. The van der Waals surface area contributed by atoms with Gasteiger partial charge in [0.15, 0.2) is 17.5 Å². The number of benzene rings is 10. The second kappa shape index (κ2) is 13.6. The van der Waals surface area contributed by atoms with Gasteiger partial charge in [0.2, 0.25) is 0 Å². The molecule has 0 spiro atoms. The molecule has 10 aromatic carbocycles. The topological polar surface area (TPSA) is 56.7 Å². The Labute approximate surface area is 355 Å². The average molecular weight is 791 g/mol. The van der Waals surface area contributed by atoms with Crippen molar-refractivity contribution in [2.24, 2.45) is 0 Å². The van der Waals surface area contributed by atoms with Gasteiger partial charge >= 0.3 is 0 Å². The molecule has 0 saturated carbocycles. The Kier molecular flexibility index (Phi) is 7.54. The van der Waals surface area contributed by atoms with Crippen LogP contribution in [-0.4, -0.2) is 19.5 Å². The van der Waals surface area contributed by atoms with Crippen molar-refractivity contribution in [2.75, 3.05) is 0 Å². The molecule has 0 unspecified atom stereocenters. The van der Waals surface area contributed by atoms with Crippen molar-refractivity contribution in [1.82, 2.24) is 19.5 Å². The van der Waals surface area contributed by atoms with E-state index in [9.17, 15) is 0 Å². The van der Waals surface area contributed by atoms with E-state index in [4.69, 9.17) is 19.4 Å². The van der Waals surface area contributed by atoms with E-state index in [-0.39, 0.29) is 0 Å². The van der Waals surface area contributed by atoms with Crippen LogP contribution in [0.3, 0.4) is 0 Å². The smallest absolute Gasteiger partial charge is 0.167 e. The monoisotopic (exact) mass is 790 g/mol. The molecule has 3 aromatic heterocycles. The maximum absolute atomic E-state index is 6.83. The van der Waals surface area contributed by atoms with E-state index in [1.807, 2.05) is 54.6 Å². The van der Waals surface area contributed by atoms with Crippen LogP contribution in [0.15, 0.2) is 211 Å². The zero-order valence-electron chi connectivity index (χ0n) is 33.3. The summed E-state index contributed by atoms with van der Waals surface area (Å²) < 4.78 is 9.28. The molecule has 5 nitrogen and oxygen atoms in total. The summed E-state index contributed by atoms with van der Waals surface area (Å²) in [5.41, 5.74) is 9.76. The molecule has 0 saturated heterocycles. The van der Waals surface area contributed by atoms with Crippen molar-refractivity contribution in [2.45, 2.75) is 0 Å². The van der Waals surface area contributed by atoms with Gasteiger partial charge in [-0.2, -0.15) is 0 Å². The van der Waals surface area contributed by atoms with Crippen LogP contribution in [0.25, 0.3) is 127 Å². The number of rotatable bonds is 5. The summed E-state index contributed by atoms with van der Waals surface area (Å²) >= 11 is 0. The van der Waals surface area contributed by atoms with E-state index in [2.05, 4.69) is 156 Å². The van der Waals surface area contributed by atoms with E-state index in [1.54, 1.807) is 0 Å². The highest BCUT2D eigenvalue weighted by molar-refractivity contribution is 6.24. The van der Waals surface area contributed by atoms with Gasteiger partial charge < -0.3 is 8.98 Å². The molecule has 0 aliphatic carbocycles. The third-order valence-corrected chi connectivity index (χ3v) is 12.4. The number of nitrogens with zero attached hydrogens (tertiary/aromatic N) is 4. The van der Waals surface area contributed by atoms with Gasteiger partial charge in [-0.05, 0) is 74.5 Å². The largest absolute Gasteiger partial charge is 0.455 e. The van der Waals surface area contributed by atoms with Gasteiger partial charge in [0, 0.05) is 43.7 Å². The van der Waals surface area contributed by atoms with E-state index in [1.165, 1.54) is 37.8 Å². The van der Waals surface area contributed by atoms with E-state index in [0.717, 1.165) is 71.7 Å². The molecule has 0 bridgehead atoms. The molecule has 62 heavy (non-hydrogen) atoms. The summed E-state index contributed by atoms with van der Waals surface area (Å²) in [6, 6.07) is 72.8. The maximum Gasteiger partial charge on any atom is 0.167 e. The minimum absolute atomic E-state index is 0.544. The van der Waals surface area contributed by atoms with Crippen LogP contribution >= 0.6 is 0 Å². The van der Waals surface area contributed by atoms with Crippen molar-refractivity contribution in [1.29, 1.82) is 0 Å². The van der Waals surface area contributed by atoms with Gasteiger partial charge in [-0.25, -0.2) is 15.0 Å². The highest BCUT2D eigenvalue weighted by atomic mass is 16.3. The Balaban J connectivity index is 1.12. The summed E-state index contributed by atoms with van der Waals surface area (Å²) in [7, 11) is 0. The van der Waals surface area contributed by atoms with Gasteiger partial charge in [0.25, 0.3) is 0 Å². The minimum atomic E-state index is 0.544. The average Bonchev–Trinajstić information content (AvgIpc) is 3.89. The first-order valence-corrected chi connectivity index (χ1v) is 20.9. The molecule has 13 aromatic rings. The molecule has 0 atom stereocenters. The lowest BCUT2D eigenvalue weighted by Gasteiger charge is -2.14. The van der Waals surface area contributed by atoms with Gasteiger partial charge in [0.1, 0.15) is 11.2 Å². The Bertz CT molecular complexity index is 3920. The molecule has 0 amide bonds. The number of para-hydroxylation sites is 1. The second-order valence-corrected chi connectivity index (χ2v) is 16.0. The molecule has 0 N–H and O–H groups in total. The predicted octanol–water partition coefficient (Wildman–Crippen LogP) is 15.0. The molecule has 0 aliphatic heterocycles. The molecular weight excluding hydrogens is 757 g/mol. The molecule has 0 radical (unpaired) electrons. The molecule has 5 heteroatoms. The highest BCUT2D eigenvalue weighted by Gasteiger charge is 2.23. The fourth-order valence-corrected chi connectivity index (χ4v) is 9.54. The van der Waals surface area contributed by atoms with Gasteiger partial charge in [-0.15, -0.1) is 0 Å². The maximum atomic E-state index is 6.83. The molecule has 13 rings (SSSR count). The summed E-state index contributed by atoms with van der Waals surface area (Å²) in [4.78, 5) is 15.8. The van der Waals surface area contributed by atoms with Crippen LogP contribution in [0.1, 0.15) is 0 Å². The number of hydrogen-bond acceptors (Lipinski definition) is 4. The summed E-state index contributed by atoms with van der Waals surface area (Å²) in [6.07, 6.45) is 0. The SMILES string of the molecule is c1ccc(-c2nc(-c3ccccc3-c3ccccc3)nc(-c3cc4cc(-n5c6cc7ccccc7cc6c6ccc7ccccc7c65)ccc4c4c3oc3ccccc34)n2)cc1. The molecule has 3 heterocycles. The standard InChI is InChI=1S/C57H34N4O/c1-3-15-35(16-4-1)42-22-11-12-24-46(42)56-58-55(37-18-5-2-6-19-37)59-57(60-56)49-33-40-31-41(28-30-43(40)52-47-25-13-14-26-51(47)62-54(49)52)61-50-34-39-21-8-7-20-38(39)32-48(50)45-29-27-36-17-9-10-23-44(36)53(45)61/h1-34H. The third kappa shape index (κ3) is 5.32. The predicted molar refractivity (Wildman–Crippen MR) is 256 cm³/mol. The van der Waals surface area contributed by atoms with Crippen molar-refractivity contribution >= 4 is 76.1 Å². The number of fused-ring (bicyclic) bond motifs is 11. The fourth-order valence-electron chi connectivity index (χ4n) is 9.54. The summed E-state index contributed by atoms with van der Waals surface area (Å²) in [6.45, 7) is 0. The van der Waals surface area contributed by atoms with Gasteiger partial charge in [-0.1, -0.05) is 170 Å². The highest BCUT2D eigenvalue weighted by Crippen LogP contribution is 2.44. The zero-order valence-corrected chi connectivity index (χ0v) is 33.3. The van der Waals surface area contributed by atoms with Crippen LogP contribution in [0, 0.1) is 0 Å². The minimum Gasteiger partial charge on any atom is -0.455 e. The first-order valence-electron chi connectivity index (χ1n) is 20.9. The first kappa shape index (κ1) is 34.5. The lowest BCUT2D eigenvalue weighted by molar-refractivity contribution is 0.670. The Morgan fingerprint density at radius 3 is 1.77 bits per heavy atom. The van der Waals surface area contributed by atoms with Crippen LogP contribution in [0.4, 0.5) is 0 Å². The number of aromatic nitrogens is 4. The van der Waals surface area contributed by atoms with E-state index < -0.39 is 0 Å². The van der Waals surface area contributed by atoms with Gasteiger partial charge in [-0.3, -0.25) is 0 Å². The van der Waals surface area contributed by atoms with E-state index in [0.29, 0.717) is 17.5 Å². The van der Waals surface area contributed by atoms with Crippen LogP contribution in [-0.2, 0) is 0 Å². The first-order chi connectivity index (χ1) is 30.7. The van der Waals surface area contributed by atoms with Crippen molar-refractivity contribution in [3.8, 4) is 51.0 Å². The van der Waals surface area contributed by atoms with Crippen LogP contribution < -0.4 is 0 Å². The van der Waals surface area contributed by atoms with Crippen LogP contribution in [0.2, 0.25) is 0 Å². The normalized spacial score (nSPS) is 11.9. The Morgan fingerprint density at radius 1 is 0.355 bits per heavy atom.